The van der Waals surface area contributed by atoms with Crippen molar-refractivity contribution in [1.82, 2.24) is 4.90 Å². The molecule has 2 heterocycles. The molecule has 1 atom stereocenters. The number of carboxylic acid groups (broad SMARTS) is 1. The van der Waals surface area contributed by atoms with E-state index in [-0.39, 0.29) is 24.0 Å². The van der Waals surface area contributed by atoms with Gasteiger partial charge in [-0.3, -0.25) is 14.5 Å². The number of halogens is 1. The van der Waals surface area contributed by atoms with Gasteiger partial charge in [0.2, 0.25) is 0 Å². The number of hydrogen-bond donors (Lipinski definition) is 1. The first kappa shape index (κ1) is 18.9. The first-order chi connectivity index (χ1) is 11.6. The number of cyclic esters (lactones) is 1. The van der Waals surface area contributed by atoms with Gasteiger partial charge in [-0.1, -0.05) is 46.3 Å². The van der Waals surface area contributed by atoms with Crippen LogP contribution < -0.4 is 0 Å². The molecule has 1 aromatic rings. The van der Waals surface area contributed by atoms with Crippen molar-refractivity contribution in [1.29, 1.82) is 0 Å². The molecule has 0 aromatic heterocycles. The van der Waals surface area contributed by atoms with Crippen molar-refractivity contribution in [3.63, 3.8) is 0 Å². The Morgan fingerprint density at radius 3 is 2.50 bits per heavy atom. The summed E-state index contributed by atoms with van der Waals surface area (Å²) in [6, 6.07) is 10.5. The molecular formula is C18H24BrNO4. The number of esters is 1. The summed E-state index contributed by atoms with van der Waals surface area (Å²) in [5.41, 5.74) is 1.15. The van der Waals surface area contributed by atoms with E-state index in [4.69, 9.17) is 14.6 Å². The van der Waals surface area contributed by atoms with E-state index < -0.39 is 0 Å². The fraction of sp³-hybridized carbons (Fsp3) is 0.556. The van der Waals surface area contributed by atoms with Crippen LogP contribution in [0.15, 0.2) is 30.3 Å². The minimum atomic E-state index is -0.250. The maximum Gasteiger partial charge on any atom is 0.312 e. The molecule has 132 valence electrons. The predicted molar refractivity (Wildman–Crippen MR) is 95.0 cm³/mol. The molecule has 6 heteroatoms. The van der Waals surface area contributed by atoms with Crippen LogP contribution in [0.4, 0.5) is 0 Å². The Kier molecular flexibility index (Phi) is 7.24. The van der Waals surface area contributed by atoms with Crippen LogP contribution in [0.3, 0.4) is 0 Å². The van der Waals surface area contributed by atoms with E-state index >= 15 is 0 Å². The molecular weight excluding hydrogens is 374 g/mol. The highest BCUT2D eigenvalue weighted by Crippen LogP contribution is 2.44. The second kappa shape index (κ2) is 9.18. The highest BCUT2D eigenvalue weighted by Gasteiger charge is 2.49. The van der Waals surface area contributed by atoms with Gasteiger partial charge in [-0.25, -0.2) is 0 Å². The third-order valence-electron chi connectivity index (χ3n) is 4.82. The predicted octanol–water partition coefficient (Wildman–Crippen LogP) is 3.07. The van der Waals surface area contributed by atoms with Crippen LogP contribution in [0.25, 0.3) is 0 Å². The monoisotopic (exact) mass is 397 g/mol. The van der Waals surface area contributed by atoms with E-state index in [1.807, 2.05) is 6.07 Å². The summed E-state index contributed by atoms with van der Waals surface area (Å²) in [5.74, 6) is 0.0489. The Morgan fingerprint density at radius 1 is 1.29 bits per heavy atom. The molecule has 0 aliphatic carbocycles. The minimum Gasteiger partial charge on any atom is -0.483 e. The number of ether oxygens (including phenoxy) is 1. The highest BCUT2D eigenvalue weighted by atomic mass is 79.9. The van der Waals surface area contributed by atoms with Crippen LogP contribution in [0.1, 0.15) is 31.2 Å². The number of benzene rings is 1. The van der Waals surface area contributed by atoms with Crippen molar-refractivity contribution in [2.45, 2.75) is 38.3 Å². The number of likely N-dealkylation sites (tertiary alicyclic amines) is 1. The number of nitrogens with zero attached hydrogens (tertiary/aromatic N) is 1. The van der Waals surface area contributed by atoms with Gasteiger partial charge in [-0.05, 0) is 37.9 Å². The Hall–Kier alpha value is -1.40. The lowest BCUT2D eigenvalue weighted by Gasteiger charge is -2.36. The van der Waals surface area contributed by atoms with Gasteiger partial charge >= 0.3 is 5.97 Å². The van der Waals surface area contributed by atoms with Crippen molar-refractivity contribution in [2.24, 2.45) is 5.41 Å². The molecule has 2 aliphatic rings. The van der Waals surface area contributed by atoms with E-state index in [1.54, 1.807) is 0 Å². The maximum atomic E-state index is 12.2. The van der Waals surface area contributed by atoms with E-state index in [2.05, 4.69) is 45.1 Å². The highest BCUT2D eigenvalue weighted by molar-refractivity contribution is 9.09. The number of hydrogen-bond acceptors (Lipinski definition) is 4. The number of alkyl halides is 1. The maximum absolute atomic E-state index is 12.2. The zero-order valence-corrected chi connectivity index (χ0v) is 15.3. The van der Waals surface area contributed by atoms with E-state index in [0.29, 0.717) is 0 Å². The van der Waals surface area contributed by atoms with Gasteiger partial charge in [0.15, 0.2) is 0 Å². The Morgan fingerprint density at radius 2 is 1.92 bits per heavy atom. The zero-order valence-electron chi connectivity index (χ0n) is 13.7. The lowest BCUT2D eigenvalue weighted by molar-refractivity contribution is -0.150. The SMILES string of the molecule is O=C1O[C@H](CCBr)CC12CCN(Cc1ccccc1)CC2.O=CO. The van der Waals surface area contributed by atoms with Crippen LogP contribution in [0.5, 0.6) is 0 Å². The molecule has 1 spiro atoms. The first-order valence-corrected chi connectivity index (χ1v) is 9.37. The summed E-state index contributed by atoms with van der Waals surface area (Å²) in [6.07, 6.45) is 3.85. The van der Waals surface area contributed by atoms with Crippen molar-refractivity contribution in [2.75, 3.05) is 18.4 Å². The van der Waals surface area contributed by atoms with Gasteiger partial charge in [0.05, 0.1) is 5.41 Å². The fourth-order valence-electron chi connectivity index (χ4n) is 3.51. The van der Waals surface area contributed by atoms with Gasteiger partial charge in [0.25, 0.3) is 6.47 Å². The summed E-state index contributed by atoms with van der Waals surface area (Å²) in [7, 11) is 0. The molecule has 2 fully saturated rings. The second-order valence-electron chi connectivity index (χ2n) is 6.36. The standard InChI is InChI=1S/C17H22BrNO2.CH2O2/c18-9-6-15-12-17(16(20)21-15)7-10-19(11-8-17)13-14-4-2-1-3-5-14;2-1-3/h1-5,15H,6-13H2;1H,(H,2,3)/t15-;/m1./s1. The zero-order chi connectivity index (χ0) is 17.4. The Labute approximate surface area is 151 Å². The molecule has 0 bridgehead atoms. The fourth-order valence-corrected chi connectivity index (χ4v) is 4.02. The number of carbonyl (C=O) groups is 2. The summed E-state index contributed by atoms with van der Waals surface area (Å²) >= 11 is 3.44. The topological polar surface area (TPSA) is 66.8 Å². The first-order valence-electron chi connectivity index (χ1n) is 8.25. The molecule has 24 heavy (non-hydrogen) atoms. The average Bonchev–Trinajstić information content (AvgIpc) is 2.87. The normalized spacial score (nSPS) is 22.5. The average molecular weight is 398 g/mol. The van der Waals surface area contributed by atoms with Crippen LogP contribution in [-0.4, -0.2) is 47.0 Å². The van der Waals surface area contributed by atoms with E-state index in [0.717, 1.165) is 50.6 Å². The smallest absolute Gasteiger partial charge is 0.312 e. The summed E-state index contributed by atoms with van der Waals surface area (Å²) < 4.78 is 5.56. The Balaban J connectivity index is 0.000000647. The van der Waals surface area contributed by atoms with Gasteiger partial charge in [-0.2, -0.15) is 0 Å². The van der Waals surface area contributed by atoms with Gasteiger partial charge in [0, 0.05) is 18.3 Å². The molecule has 5 nitrogen and oxygen atoms in total. The second-order valence-corrected chi connectivity index (χ2v) is 7.15. The van der Waals surface area contributed by atoms with Crippen LogP contribution in [0.2, 0.25) is 0 Å². The molecule has 0 unspecified atom stereocenters. The lowest BCUT2D eigenvalue weighted by Crippen LogP contribution is -2.42. The number of piperidine rings is 1. The molecule has 0 radical (unpaired) electrons. The van der Waals surface area contributed by atoms with E-state index in [1.165, 1.54) is 5.56 Å². The third-order valence-corrected chi connectivity index (χ3v) is 5.28. The molecule has 0 amide bonds. The summed E-state index contributed by atoms with van der Waals surface area (Å²) in [4.78, 5) is 23.1. The van der Waals surface area contributed by atoms with Crippen molar-refractivity contribution >= 4 is 28.4 Å². The van der Waals surface area contributed by atoms with Crippen molar-refractivity contribution in [3.8, 4) is 0 Å². The summed E-state index contributed by atoms with van der Waals surface area (Å²) in [6.45, 7) is 2.72. The van der Waals surface area contributed by atoms with Crippen LogP contribution in [0, 0.1) is 5.41 Å². The Bertz CT molecular complexity index is 529. The molecule has 2 aliphatic heterocycles. The lowest BCUT2D eigenvalue weighted by atomic mass is 9.76. The van der Waals surface area contributed by atoms with Crippen LogP contribution >= 0.6 is 15.9 Å². The summed E-state index contributed by atoms with van der Waals surface area (Å²) in [5, 5.41) is 7.79. The third kappa shape index (κ3) is 4.80. The van der Waals surface area contributed by atoms with Crippen LogP contribution in [-0.2, 0) is 20.9 Å². The molecule has 1 N–H and O–H groups in total. The molecule has 0 saturated carbocycles. The van der Waals surface area contributed by atoms with Gasteiger partial charge in [-0.15, -0.1) is 0 Å². The van der Waals surface area contributed by atoms with E-state index in [9.17, 15) is 4.79 Å². The molecule has 3 rings (SSSR count). The largest absolute Gasteiger partial charge is 0.483 e. The number of carbonyl (C=O) groups excluding carboxylic acids is 1. The molecule has 2 saturated heterocycles. The molecule has 1 aromatic carbocycles. The van der Waals surface area contributed by atoms with Gasteiger partial charge < -0.3 is 9.84 Å². The van der Waals surface area contributed by atoms with Crippen molar-refractivity contribution in [3.05, 3.63) is 35.9 Å². The number of rotatable bonds is 4. The quantitative estimate of drug-likeness (QED) is 0.480. The van der Waals surface area contributed by atoms with Crippen molar-refractivity contribution < 1.29 is 19.4 Å². The van der Waals surface area contributed by atoms with Gasteiger partial charge in [0.1, 0.15) is 6.10 Å². The minimum absolute atomic E-state index is 0.0489.